The Morgan fingerprint density at radius 3 is 1.53 bits per heavy atom. The summed E-state index contributed by atoms with van der Waals surface area (Å²) < 4.78 is 0. The maximum Gasteiger partial charge on any atom is 0.139 e. The molecule has 0 aliphatic heterocycles. The molecule has 0 aliphatic carbocycles. The van der Waals surface area contributed by atoms with Crippen molar-refractivity contribution in [2.45, 2.75) is 0 Å². The van der Waals surface area contributed by atoms with Crippen LogP contribution in [-0.2, 0) is 0 Å². The van der Waals surface area contributed by atoms with Crippen molar-refractivity contribution in [2.75, 3.05) is 0 Å². The Morgan fingerprint density at radius 1 is 0.474 bits per heavy atom. The van der Waals surface area contributed by atoms with E-state index in [1.165, 1.54) is 27.7 Å². The van der Waals surface area contributed by atoms with Crippen LogP contribution in [-0.4, -0.2) is 7.85 Å². The van der Waals surface area contributed by atoms with Crippen molar-refractivity contribution in [1.82, 2.24) is 0 Å². The summed E-state index contributed by atoms with van der Waals surface area (Å²) in [4.78, 5) is 0. The first-order valence-electron chi connectivity index (χ1n) is 6.56. The lowest BCUT2D eigenvalue weighted by molar-refractivity contribution is 1.59. The minimum absolute atomic E-state index is 1.26. The summed E-state index contributed by atoms with van der Waals surface area (Å²) in [5, 5.41) is 0. The molecule has 0 spiro atoms. The predicted molar refractivity (Wildman–Crippen MR) is 85.5 cm³/mol. The molecule has 1 heteroatoms. The van der Waals surface area contributed by atoms with E-state index < -0.39 is 0 Å². The molecule has 0 aliphatic rings. The molecule has 0 heterocycles. The Bertz CT molecular complexity index is 670. The molecule has 19 heavy (non-hydrogen) atoms. The second-order valence-electron chi connectivity index (χ2n) is 4.78. The molecule has 0 amide bonds. The highest BCUT2D eigenvalue weighted by Gasteiger charge is 2.05. The first-order valence-corrected chi connectivity index (χ1v) is 6.56. The van der Waals surface area contributed by atoms with Gasteiger partial charge < -0.3 is 0 Å². The maximum absolute atomic E-state index is 2.19. The summed E-state index contributed by atoms with van der Waals surface area (Å²) >= 11 is 0. The largest absolute Gasteiger partial charge is 0.139 e. The minimum atomic E-state index is 1.26. The summed E-state index contributed by atoms with van der Waals surface area (Å²) in [6.45, 7) is 0. The van der Waals surface area contributed by atoms with Crippen LogP contribution in [0.4, 0.5) is 0 Å². The third-order valence-electron chi connectivity index (χ3n) is 3.37. The van der Waals surface area contributed by atoms with Crippen molar-refractivity contribution < 1.29 is 0 Å². The van der Waals surface area contributed by atoms with Crippen molar-refractivity contribution >= 4 is 13.3 Å². The van der Waals surface area contributed by atoms with Crippen LogP contribution in [0, 0.1) is 0 Å². The van der Waals surface area contributed by atoms with Crippen molar-refractivity contribution in [1.29, 1.82) is 0 Å². The molecule has 0 radical (unpaired) electrons. The summed E-state index contributed by atoms with van der Waals surface area (Å²) in [6.07, 6.45) is 0. The Morgan fingerprint density at radius 2 is 0.947 bits per heavy atom. The summed E-state index contributed by atoms with van der Waals surface area (Å²) in [5.41, 5.74) is 6.39. The van der Waals surface area contributed by atoms with Gasteiger partial charge in [-0.25, -0.2) is 0 Å². The van der Waals surface area contributed by atoms with Crippen molar-refractivity contribution in [3.8, 4) is 22.3 Å². The Kier molecular flexibility index (Phi) is 3.20. The minimum Gasteiger partial charge on any atom is -0.0889 e. The van der Waals surface area contributed by atoms with E-state index in [4.69, 9.17) is 0 Å². The molecule has 3 aromatic rings. The molecular weight excluding hydrogens is 227 g/mol. The normalized spacial score (nSPS) is 10.3. The quantitative estimate of drug-likeness (QED) is 0.605. The van der Waals surface area contributed by atoms with Crippen LogP contribution in [0.2, 0.25) is 0 Å². The highest BCUT2D eigenvalue weighted by molar-refractivity contribution is 6.32. The first-order chi connectivity index (χ1) is 9.34. The van der Waals surface area contributed by atoms with Crippen LogP contribution >= 0.6 is 0 Å². The van der Waals surface area contributed by atoms with E-state index in [0.29, 0.717) is 0 Å². The standard InChI is InChI=1S/C18H15B/c19-16-12-10-15(11-13-16)18-9-5-4-8-17(18)14-6-2-1-3-7-14/h1-13H,19H2. The fourth-order valence-corrected chi connectivity index (χ4v) is 2.34. The Balaban J connectivity index is 2.15. The zero-order valence-corrected chi connectivity index (χ0v) is 11.0. The van der Waals surface area contributed by atoms with E-state index in [-0.39, 0.29) is 0 Å². The van der Waals surface area contributed by atoms with Gasteiger partial charge in [0.2, 0.25) is 0 Å². The van der Waals surface area contributed by atoms with Gasteiger partial charge in [-0.3, -0.25) is 0 Å². The number of hydrogen-bond acceptors (Lipinski definition) is 0. The van der Waals surface area contributed by atoms with Gasteiger partial charge in [-0.2, -0.15) is 0 Å². The molecule has 0 nitrogen and oxygen atoms in total. The Hall–Kier alpha value is -2.28. The van der Waals surface area contributed by atoms with Gasteiger partial charge in [0.15, 0.2) is 0 Å². The molecule has 0 unspecified atom stereocenters. The van der Waals surface area contributed by atoms with E-state index in [1.54, 1.807) is 0 Å². The lowest BCUT2D eigenvalue weighted by Crippen LogP contribution is -1.99. The summed E-state index contributed by atoms with van der Waals surface area (Å²) in [5.74, 6) is 0. The monoisotopic (exact) mass is 242 g/mol. The molecule has 0 bridgehead atoms. The molecule has 0 atom stereocenters. The lowest BCUT2D eigenvalue weighted by atomic mass is 9.91. The molecular formula is C18H15B. The lowest BCUT2D eigenvalue weighted by Gasteiger charge is -2.10. The molecule has 0 saturated carbocycles. The maximum atomic E-state index is 2.19. The summed E-state index contributed by atoms with van der Waals surface area (Å²) in [7, 11) is 2.12. The topological polar surface area (TPSA) is 0 Å². The van der Waals surface area contributed by atoms with Gasteiger partial charge in [0.05, 0.1) is 0 Å². The van der Waals surface area contributed by atoms with E-state index >= 15 is 0 Å². The number of benzene rings is 3. The second kappa shape index (κ2) is 5.15. The average Bonchev–Trinajstić information content (AvgIpc) is 2.49. The first kappa shape index (κ1) is 11.8. The van der Waals surface area contributed by atoms with Gasteiger partial charge >= 0.3 is 0 Å². The van der Waals surface area contributed by atoms with E-state index in [2.05, 4.69) is 86.7 Å². The number of rotatable bonds is 2. The van der Waals surface area contributed by atoms with Crippen molar-refractivity contribution in [2.24, 2.45) is 0 Å². The zero-order chi connectivity index (χ0) is 13.1. The highest BCUT2D eigenvalue weighted by atomic mass is 14.1. The fourth-order valence-electron chi connectivity index (χ4n) is 2.34. The van der Waals surface area contributed by atoms with Crippen LogP contribution < -0.4 is 5.46 Å². The predicted octanol–water partition coefficient (Wildman–Crippen LogP) is 3.28. The molecule has 90 valence electrons. The molecule has 0 fully saturated rings. The Labute approximate surface area is 115 Å². The van der Waals surface area contributed by atoms with Gasteiger partial charge in [0.25, 0.3) is 0 Å². The highest BCUT2D eigenvalue weighted by Crippen LogP contribution is 2.31. The molecule has 3 aromatic carbocycles. The van der Waals surface area contributed by atoms with E-state index in [0.717, 1.165) is 0 Å². The van der Waals surface area contributed by atoms with Crippen LogP contribution in [0.1, 0.15) is 0 Å². The second-order valence-corrected chi connectivity index (χ2v) is 4.78. The van der Waals surface area contributed by atoms with Gasteiger partial charge in [-0.1, -0.05) is 84.3 Å². The average molecular weight is 242 g/mol. The number of hydrogen-bond donors (Lipinski definition) is 0. The molecule has 3 rings (SSSR count). The van der Waals surface area contributed by atoms with Gasteiger partial charge in [0.1, 0.15) is 7.85 Å². The third kappa shape index (κ3) is 2.46. The fraction of sp³-hybridized carbons (Fsp3) is 0. The SMILES string of the molecule is Bc1ccc(-c2ccccc2-c2ccccc2)cc1. The van der Waals surface area contributed by atoms with Crippen LogP contribution in [0.3, 0.4) is 0 Å². The van der Waals surface area contributed by atoms with Gasteiger partial charge in [0, 0.05) is 0 Å². The molecule has 0 N–H and O–H groups in total. The van der Waals surface area contributed by atoms with Gasteiger partial charge in [-0.05, 0) is 22.3 Å². The van der Waals surface area contributed by atoms with Crippen LogP contribution in [0.25, 0.3) is 22.3 Å². The zero-order valence-electron chi connectivity index (χ0n) is 11.0. The van der Waals surface area contributed by atoms with Crippen molar-refractivity contribution in [3.63, 3.8) is 0 Å². The van der Waals surface area contributed by atoms with Gasteiger partial charge in [-0.15, -0.1) is 0 Å². The smallest absolute Gasteiger partial charge is 0.0889 e. The van der Waals surface area contributed by atoms with Crippen molar-refractivity contribution in [3.05, 3.63) is 78.9 Å². The van der Waals surface area contributed by atoms with E-state index in [9.17, 15) is 0 Å². The third-order valence-corrected chi connectivity index (χ3v) is 3.37. The van der Waals surface area contributed by atoms with Crippen LogP contribution in [0.15, 0.2) is 78.9 Å². The van der Waals surface area contributed by atoms with Crippen LogP contribution in [0.5, 0.6) is 0 Å². The molecule has 0 saturated heterocycles. The molecule has 0 aromatic heterocycles. The van der Waals surface area contributed by atoms with E-state index in [1.807, 2.05) is 0 Å². The summed E-state index contributed by atoms with van der Waals surface area (Å²) in [6, 6.07) is 27.8.